The maximum Gasteiger partial charge on any atom is 0.0534 e. The highest BCUT2D eigenvalue weighted by Gasteiger charge is 2.18. The zero-order valence-electron chi connectivity index (χ0n) is 11.7. The van der Waals surface area contributed by atoms with E-state index in [1.54, 1.807) is 0 Å². The van der Waals surface area contributed by atoms with Crippen molar-refractivity contribution in [2.75, 3.05) is 26.7 Å². The average Bonchev–Trinajstić information content (AvgIpc) is 2.80. The van der Waals surface area contributed by atoms with Crippen molar-refractivity contribution in [3.63, 3.8) is 0 Å². The van der Waals surface area contributed by atoms with Gasteiger partial charge in [0.25, 0.3) is 0 Å². The van der Waals surface area contributed by atoms with Gasteiger partial charge in [-0.2, -0.15) is 5.10 Å². The normalized spacial score (nSPS) is 18.3. The van der Waals surface area contributed by atoms with E-state index in [4.69, 9.17) is 0 Å². The molecule has 0 bridgehead atoms. The van der Waals surface area contributed by atoms with Crippen molar-refractivity contribution in [2.24, 2.45) is 5.92 Å². The van der Waals surface area contributed by atoms with Gasteiger partial charge in [-0.3, -0.25) is 9.58 Å². The number of hydrogen-bond acceptors (Lipinski definition) is 3. The molecule has 1 N–H and O–H groups in total. The molecule has 1 aliphatic heterocycles. The number of rotatable bonds is 6. The Bertz CT molecular complexity index is 339. The van der Waals surface area contributed by atoms with E-state index in [1.807, 2.05) is 6.20 Å². The molecule has 2 rings (SSSR count). The Balaban J connectivity index is 1.76. The first-order valence-electron chi connectivity index (χ1n) is 7.20. The molecule has 1 aromatic rings. The highest BCUT2D eigenvalue weighted by molar-refractivity contribution is 5.03. The van der Waals surface area contributed by atoms with E-state index in [2.05, 4.69) is 40.2 Å². The molecule has 1 fully saturated rings. The van der Waals surface area contributed by atoms with E-state index in [-0.39, 0.29) is 0 Å². The van der Waals surface area contributed by atoms with Crippen LogP contribution < -0.4 is 5.32 Å². The van der Waals surface area contributed by atoms with E-state index in [9.17, 15) is 0 Å². The number of hydrogen-bond donors (Lipinski definition) is 1. The molecule has 0 spiro atoms. The van der Waals surface area contributed by atoms with E-state index in [0.717, 1.165) is 25.4 Å². The van der Waals surface area contributed by atoms with Crippen LogP contribution in [0.25, 0.3) is 0 Å². The van der Waals surface area contributed by atoms with Crippen molar-refractivity contribution >= 4 is 0 Å². The van der Waals surface area contributed by atoms with Crippen LogP contribution in [-0.4, -0.2) is 41.4 Å². The molecule has 0 aromatic carbocycles. The monoisotopic (exact) mass is 250 g/mol. The summed E-state index contributed by atoms with van der Waals surface area (Å²) >= 11 is 0. The summed E-state index contributed by atoms with van der Waals surface area (Å²) in [4.78, 5) is 2.56. The second kappa shape index (κ2) is 6.90. The predicted octanol–water partition coefficient (Wildman–Crippen LogP) is 1.72. The summed E-state index contributed by atoms with van der Waals surface area (Å²) in [5, 5.41) is 7.68. The van der Waals surface area contributed by atoms with Gasteiger partial charge < -0.3 is 5.32 Å². The van der Waals surface area contributed by atoms with Gasteiger partial charge in [0.05, 0.1) is 6.20 Å². The minimum Gasteiger partial charge on any atom is -0.319 e. The zero-order chi connectivity index (χ0) is 12.8. The Morgan fingerprint density at radius 2 is 2.17 bits per heavy atom. The minimum atomic E-state index is 0.870. The van der Waals surface area contributed by atoms with Crippen molar-refractivity contribution in [1.82, 2.24) is 20.0 Å². The molecular weight excluding hydrogens is 224 g/mol. The standard InChI is InChI=1S/C14H26N4/c1-3-6-18-12-14(10-16-18)11-17-7-4-13(5-8-17)9-15-2/h10,12-13,15H,3-9,11H2,1-2H3. The van der Waals surface area contributed by atoms with Crippen molar-refractivity contribution in [1.29, 1.82) is 0 Å². The highest BCUT2D eigenvalue weighted by atomic mass is 15.3. The van der Waals surface area contributed by atoms with Crippen molar-refractivity contribution in [3.8, 4) is 0 Å². The molecule has 4 heteroatoms. The lowest BCUT2D eigenvalue weighted by Crippen LogP contribution is -2.36. The quantitative estimate of drug-likeness (QED) is 0.834. The average molecular weight is 250 g/mol. The molecule has 0 aliphatic carbocycles. The van der Waals surface area contributed by atoms with Gasteiger partial charge in [0, 0.05) is 24.8 Å². The summed E-state index contributed by atoms with van der Waals surface area (Å²) in [5.74, 6) is 0.870. The molecule has 1 aliphatic rings. The van der Waals surface area contributed by atoms with Crippen molar-refractivity contribution in [2.45, 2.75) is 39.3 Å². The lowest BCUT2D eigenvalue weighted by Gasteiger charge is -2.31. The molecule has 4 nitrogen and oxygen atoms in total. The SMILES string of the molecule is CCCn1cc(CN2CCC(CNC)CC2)cn1. The lowest BCUT2D eigenvalue weighted by molar-refractivity contribution is 0.176. The fraction of sp³-hybridized carbons (Fsp3) is 0.786. The maximum atomic E-state index is 4.40. The minimum absolute atomic E-state index is 0.870. The summed E-state index contributed by atoms with van der Waals surface area (Å²) in [6.45, 7) is 7.91. The largest absolute Gasteiger partial charge is 0.319 e. The Hall–Kier alpha value is -0.870. The van der Waals surface area contributed by atoms with E-state index < -0.39 is 0 Å². The third-order valence-corrected chi connectivity index (χ3v) is 3.75. The summed E-state index contributed by atoms with van der Waals surface area (Å²) < 4.78 is 2.06. The van der Waals surface area contributed by atoms with Crippen LogP contribution in [0.15, 0.2) is 12.4 Å². The molecule has 102 valence electrons. The van der Waals surface area contributed by atoms with Crippen LogP contribution in [0.2, 0.25) is 0 Å². The second-order valence-corrected chi connectivity index (χ2v) is 5.39. The Kier molecular flexibility index (Phi) is 5.20. The molecular formula is C14H26N4. The number of piperidine rings is 1. The van der Waals surface area contributed by atoms with Gasteiger partial charge >= 0.3 is 0 Å². The predicted molar refractivity (Wildman–Crippen MR) is 74.4 cm³/mol. The number of aryl methyl sites for hydroxylation is 1. The molecule has 1 saturated heterocycles. The molecule has 0 saturated carbocycles. The van der Waals surface area contributed by atoms with Crippen LogP contribution in [-0.2, 0) is 13.1 Å². The Morgan fingerprint density at radius 3 is 2.83 bits per heavy atom. The molecule has 0 amide bonds. The van der Waals surface area contributed by atoms with Crippen molar-refractivity contribution < 1.29 is 0 Å². The fourth-order valence-corrected chi connectivity index (χ4v) is 2.73. The molecule has 18 heavy (non-hydrogen) atoms. The maximum absolute atomic E-state index is 4.40. The Morgan fingerprint density at radius 1 is 1.39 bits per heavy atom. The van der Waals surface area contributed by atoms with Gasteiger partial charge in [-0.05, 0) is 51.9 Å². The van der Waals surface area contributed by atoms with Crippen LogP contribution in [0.4, 0.5) is 0 Å². The van der Waals surface area contributed by atoms with Crippen LogP contribution in [0.3, 0.4) is 0 Å². The third kappa shape index (κ3) is 3.82. The van der Waals surface area contributed by atoms with Crippen LogP contribution in [0, 0.1) is 5.92 Å². The fourth-order valence-electron chi connectivity index (χ4n) is 2.73. The van der Waals surface area contributed by atoms with Gasteiger partial charge in [-0.15, -0.1) is 0 Å². The molecule has 0 radical (unpaired) electrons. The number of aromatic nitrogens is 2. The summed E-state index contributed by atoms with van der Waals surface area (Å²) in [7, 11) is 2.05. The van der Waals surface area contributed by atoms with Crippen LogP contribution in [0.5, 0.6) is 0 Å². The molecule has 2 heterocycles. The van der Waals surface area contributed by atoms with Gasteiger partial charge in [0.2, 0.25) is 0 Å². The first kappa shape index (κ1) is 13.6. The summed E-state index contributed by atoms with van der Waals surface area (Å²) in [6, 6.07) is 0. The van der Waals surface area contributed by atoms with E-state index in [0.29, 0.717) is 0 Å². The molecule has 1 aromatic heterocycles. The molecule has 0 atom stereocenters. The second-order valence-electron chi connectivity index (χ2n) is 5.39. The van der Waals surface area contributed by atoms with Crippen LogP contribution in [0.1, 0.15) is 31.7 Å². The van der Waals surface area contributed by atoms with Gasteiger partial charge in [0.15, 0.2) is 0 Å². The lowest BCUT2D eigenvalue weighted by atomic mass is 9.97. The number of likely N-dealkylation sites (tertiary alicyclic amines) is 1. The van der Waals surface area contributed by atoms with Gasteiger partial charge in [0.1, 0.15) is 0 Å². The van der Waals surface area contributed by atoms with Crippen molar-refractivity contribution in [3.05, 3.63) is 18.0 Å². The summed E-state index contributed by atoms with van der Waals surface area (Å²) in [6.07, 6.45) is 8.02. The van der Waals surface area contributed by atoms with E-state index >= 15 is 0 Å². The van der Waals surface area contributed by atoms with Gasteiger partial charge in [-0.1, -0.05) is 6.92 Å². The number of nitrogens with one attached hydrogen (secondary N) is 1. The first-order chi connectivity index (χ1) is 8.81. The van der Waals surface area contributed by atoms with Gasteiger partial charge in [-0.25, -0.2) is 0 Å². The molecule has 0 unspecified atom stereocenters. The zero-order valence-corrected chi connectivity index (χ0v) is 11.7. The smallest absolute Gasteiger partial charge is 0.0534 e. The van der Waals surface area contributed by atoms with Crippen LogP contribution >= 0.6 is 0 Å². The Labute approximate surface area is 110 Å². The summed E-state index contributed by atoms with van der Waals surface area (Å²) in [5.41, 5.74) is 1.36. The highest BCUT2D eigenvalue weighted by Crippen LogP contribution is 2.18. The third-order valence-electron chi connectivity index (χ3n) is 3.75. The topological polar surface area (TPSA) is 33.1 Å². The first-order valence-corrected chi connectivity index (χ1v) is 7.20. The van der Waals surface area contributed by atoms with E-state index in [1.165, 1.54) is 38.0 Å². The number of nitrogens with zero attached hydrogens (tertiary/aromatic N) is 3.